The summed E-state index contributed by atoms with van der Waals surface area (Å²) in [5, 5.41) is 31.3. The van der Waals surface area contributed by atoms with Crippen LogP contribution in [0.1, 0.15) is 21.0 Å². The second-order valence-electron chi connectivity index (χ2n) is 4.85. The molecule has 0 bridgehead atoms. The fourth-order valence-electron chi connectivity index (χ4n) is 2.25. The van der Waals surface area contributed by atoms with E-state index in [1.807, 2.05) is 12.1 Å². The van der Waals surface area contributed by atoms with E-state index in [0.29, 0.717) is 10.8 Å². The number of aromatic carboxylic acids is 2. The summed E-state index contributed by atoms with van der Waals surface area (Å²) in [4.78, 5) is 21.2. The van der Waals surface area contributed by atoms with Crippen LogP contribution in [0.3, 0.4) is 0 Å². The maximum atomic E-state index is 10.6. The molecule has 0 aliphatic rings. The van der Waals surface area contributed by atoms with E-state index in [-0.39, 0.29) is 11.4 Å². The van der Waals surface area contributed by atoms with Crippen molar-refractivity contribution in [2.75, 3.05) is 0 Å². The van der Waals surface area contributed by atoms with Crippen LogP contribution in [-0.2, 0) is 0 Å². The van der Waals surface area contributed by atoms with Crippen LogP contribution in [0, 0.1) is 0 Å². The highest BCUT2D eigenvalue weighted by atomic mass is 16.4. The van der Waals surface area contributed by atoms with E-state index in [4.69, 9.17) is 10.2 Å². The third kappa shape index (κ3) is 2.80. The summed E-state index contributed by atoms with van der Waals surface area (Å²) in [6.45, 7) is 0. The van der Waals surface area contributed by atoms with Gasteiger partial charge in [0.1, 0.15) is 0 Å². The second kappa shape index (κ2) is 6.21. The molecule has 0 atom stereocenters. The predicted octanol–water partition coefficient (Wildman–Crippen LogP) is 2.52. The van der Waals surface area contributed by atoms with Crippen LogP contribution >= 0.6 is 0 Å². The molecule has 4 rings (SSSR count). The number of fused-ring (bicyclic) bond motifs is 2. The van der Waals surface area contributed by atoms with Crippen molar-refractivity contribution in [2.45, 2.75) is 0 Å². The molecule has 0 saturated carbocycles. The first-order valence-corrected chi connectivity index (χ1v) is 6.90. The number of carboxylic acids is 2. The maximum absolute atomic E-state index is 10.6. The molecular formula is C16H12N4O4. The average molecular weight is 324 g/mol. The van der Waals surface area contributed by atoms with Gasteiger partial charge < -0.3 is 10.2 Å². The van der Waals surface area contributed by atoms with Gasteiger partial charge in [-0.1, -0.05) is 36.4 Å². The topological polar surface area (TPSA) is 132 Å². The van der Waals surface area contributed by atoms with Gasteiger partial charge in [0, 0.05) is 10.8 Å². The summed E-state index contributed by atoms with van der Waals surface area (Å²) in [5.74, 6) is -2.01. The molecular weight excluding hydrogens is 312 g/mol. The van der Waals surface area contributed by atoms with Crippen LogP contribution in [0.2, 0.25) is 0 Å². The van der Waals surface area contributed by atoms with Crippen molar-refractivity contribution in [1.82, 2.24) is 20.4 Å². The van der Waals surface area contributed by atoms with Crippen molar-refractivity contribution in [3.63, 3.8) is 0 Å². The van der Waals surface area contributed by atoms with Crippen LogP contribution in [0.4, 0.5) is 0 Å². The molecule has 0 fully saturated rings. The summed E-state index contributed by atoms with van der Waals surface area (Å²) >= 11 is 0. The maximum Gasteiger partial charge on any atom is 0.357 e. The Morgan fingerprint density at radius 3 is 1.46 bits per heavy atom. The van der Waals surface area contributed by atoms with Crippen molar-refractivity contribution in [2.24, 2.45) is 0 Å². The SMILES string of the molecule is O=C(O)c1n[nH]c2ccccc12.O=C(O)c1n[nH]c2ccccc12. The predicted molar refractivity (Wildman–Crippen MR) is 86.1 cm³/mol. The van der Waals surface area contributed by atoms with Gasteiger partial charge in [0.15, 0.2) is 11.4 Å². The van der Waals surface area contributed by atoms with Crippen LogP contribution < -0.4 is 0 Å². The third-order valence-corrected chi connectivity index (χ3v) is 3.35. The number of nitrogens with zero attached hydrogens (tertiary/aromatic N) is 2. The number of rotatable bonds is 2. The van der Waals surface area contributed by atoms with Gasteiger partial charge in [0.2, 0.25) is 0 Å². The Morgan fingerprint density at radius 2 is 1.08 bits per heavy atom. The number of carboxylic acid groups (broad SMARTS) is 2. The lowest BCUT2D eigenvalue weighted by Gasteiger charge is -1.87. The highest BCUT2D eigenvalue weighted by Gasteiger charge is 2.11. The molecule has 4 N–H and O–H groups in total. The van der Waals surface area contributed by atoms with E-state index in [0.717, 1.165) is 11.0 Å². The largest absolute Gasteiger partial charge is 0.476 e. The summed E-state index contributed by atoms with van der Waals surface area (Å²) in [6.07, 6.45) is 0. The molecule has 0 amide bonds. The number of nitrogens with one attached hydrogen (secondary N) is 2. The fraction of sp³-hybridized carbons (Fsp3) is 0. The quantitative estimate of drug-likeness (QED) is 0.448. The van der Waals surface area contributed by atoms with Gasteiger partial charge in [-0.25, -0.2) is 9.59 Å². The van der Waals surface area contributed by atoms with Gasteiger partial charge in [0.25, 0.3) is 0 Å². The van der Waals surface area contributed by atoms with E-state index in [1.165, 1.54) is 0 Å². The molecule has 0 unspecified atom stereocenters. The molecule has 2 heterocycles. The third-order valence-electron chi connectivity index (χ3n) is 3.35. The van der Waals surface area contributed by atoms with Crippen molar-refractivity contribution in [3.8, 4) is 0 Å². The van der Waals surface area contributed by atoms with Gasteiger partial charge in [-0.2, -0.15) is 10.2 Å². The normalized spacial score (nSPS) is 10.3. The zero-order valence-corrected chi connectivity index (χ0v) is 12.2. The molecule has 0 radical (unpaired) electrons. The van der Waals surface area contributed by atoms with Gasteiger partial charge in [0.05, 0.1) is 11.0 Å². The minimum Gasteiger partial charge on any atom is -0.476 e. The number of aromatic amines is 2. The summed E-state index contributed by atoms with van der Waals surface area (Å²) in [7, 11) is 0. The Bertz CT molecular complexity index is 951. The highest BCUT2D eigenvalue weighted by Crippen LogP contribution is 2.15. The lowest BCUT2D eigenvalue weighted by Crippen LogP contribution is -1.96. The minimum absolute atomic E-state index is 0.0746. The first-order chi connectivity index (χ1) is 11.6. The molecule has 120 valence electrons. The van der Waals surface area contributed by atoms with Crippen molar-refractivity contribution in [3.05, 3.63) is 59.9 Å². The van der Waals surface area contributed by atoms with Crippen LogP contribution in [0.15, 0.2) is 48.5 Å². The number of benzene rings is 2. The molecule has 24 heavy (non-hydrogen) atoms. The van der Waals surface area contributed by atoms with E-state index >= 15 is 0 Å². The summed E-state index contributed by atoms with van der Waals surface area (Å²) < 4.78 is 0. The van der Waals surface area contributed by atoms with Crippen molar-refractivity contribution >= 4 is 33.7 Å². The van der Waals surface area contributed by atoms with Gasteiger partial charge in [-0.3, -0.25) is 10.2 Å². The Hall–Kier alpha value is -3.68. The Morgan fingerprint density at radius 1 is 0.708 bits per heavy atom. The lowest BCUT2D eigenvalue weighted by molar-refractivity contribution is 0.0681. The average Bonchev–Trinajstić information content (AvgIpc) is 3.19. The van der Waals surface area contributed by atoms with Crippen LogP contribution in [-0.4, -0.2) is 42.5 Å². The van der Waals surface area contributed by atoms with E-state index in [2.05, 4.69) is 20.4 Å². The van der Waals surface area contributed by atoms with Gasteiger partial charge in [-0.05, 0) is 12.1 Å². The van der Waals surface area contributed by atoms with Gasteiger partial charge >= 0.3 is 11.9 Å². The van der Waals surface area contributed by atoms with E-state index < -0.39 is 11.9 Å². The zero-order chi connectivity index (χ0) is 17.1. The van der Waals surface area contributed by atoms with E-state index in [1.54, 1.807) is 36.4 Å². The molecule has 2 aromatic heterocycles. The van der Waals surface area contributed by atoms with E-state index in [9.17, 15) is 9.59 Å². The number of aromatic nitrogens is 4. The first kappa shape index (κ1) is 15.2. The monoisotopic (exact) mass is 324 g/mol. The number of H-pyrrole nitrogens is 2. The first-order valence-electron chi connectivity index (χ1n) is 6.90. The molecule has 0 aliphatic heterocycles. The molecule has 8 heteroatoms. The Kier molecular flexibility index (Phi) is 3.94. The molecule has 4 aromatic rings. The van der Waals surface area contributed by atoms with Crippen molar-refractivity contribution in [1.29, 1.82) is 0 Å². The number of para-hydroxylation sites is 2. The zero-order valence-electron chi connectivity index (χ0n) is 12.2. The highest BCUT2D eigenvalue weighted by molar-refractivity contribution is 6.01. The number of carbonyl (C=O) groups is 2. The fourth-order valence-corrected chi connectivity index (χ4v) is 2.25. The number of hydrogen-bond donors (Lipinski definition) is 4. The smallest absolute Gasteiger partial charge is 0.357 e. The molecule has 0 aliphatic carbocycles. The molecule has 2 aromatic carbocycles. The minimum atomic E-state index is -1.01. The molecule has 8 nitrogen and oxygen atoms in total. The standard InChI is InChI=1S/2C8H6N2O2/c2*11-8(12)7-5-3-1-2-4-6(5)9-10-7/h2*1-4H,(H,9,10)(H,11,12). The Labute approximate surface area is 134 Å². The second-order valence-corrected chi connectivity index (χ2v) is 4.85. The summed E-state index contributed by atoms with van der Waals surface area (Å²) in [5.41, 5.74) is 1.64. The molecule has 0 saturated heterocycles. The van der Waals surface area contributed by atoms with Crippen LogP contribution in [0.5, 0.6) is 0 Å². The lowest BCUT2D eigenvalue weighted by atomic mass is 10.2. The Balaban J connectivity index is 0.000000141. The summed E-state index contributed by atoms with van der Waals surface area (Å²) in [6, 6.07) is 14.2. The number of hydrogen-bond acceptors (Lipinski definition) is 4. The molecule has 0 spiro atoms. The van der Waals surface area contributed by atoms with Gasteiger partial charge in [-0.15, -0.1) is 0 Å². The van der Waals surface area contributed by atoms with Crippen molar-refractivity contribution < 1.29 is 19.8 Å². The van der Waals surface area contributed by atoms with Crippen LogP contribution in [0.25, 0.3) is 21.8 Å².